The smallest absolute Gasteiger partial charge is 0.370 e. The van der Waals surface area contributed by atoms with Crippen LogP contribution in [0.4, 0.5) is 0 Å². The molecule has 4 aromatic rings. The normalized spacial score (nSPS) is 18.0. The molecule has 0 unspecified atom stereocenters. The summed E-state index contributed by atoms with van der Waals surface area (Å²) in [6.45, 7) is 9.36. The molecule has 3 atom stereocenters. The number of hydrogen-bond donors (Lipinski definition) is 2. The van der Waals surface area contributed by atoms with Crippen LogP contribution in [-0.4, -0.2) is 61.5 Å². The highest BCUT2D eigenvalue weighted by molar-refractivity contribution is 6.99. The van der Waals surface area contributed by atoms with Gasteiger partial charge in [-0.05, 0) is 51.0 Å². The molecule has 0 spiro atoms. The third-order valence-electron chi connectivity index (χ3n) is 9.02. The van der Waals surface area contributed by atoms with E-state index < -0.39 is 32.5 Å². The highest BCUT2D eigenvalue weighted by atomic mass is 28.4. The molecular formula is C40H46N2O5Si. The maximum Gasteiger partial charge on any atom is 0.370 e. The summed E-state index contributed by atoms with van der Waals surface area (Å²) in [6, 6.07) is 37.7. The summed E-state index contributed by atoms with van der Waals surface area (Å²) < 4.78 is 13.1. The fourth-order valence-electron chi connectivity index (χ4n) is 6.57. The van der Waals surface area contributed by atoms with Crippen molar-refractivity contribution in [3.8, 4) is 11.1 Å². The lowest BCUT2D eigenvalue weighted by Gasteiger charge is -2.47. The van der Waals surface area contributed by atoms with Crippen LogP contribution < -0.4 is 16.1 Å². The van der Waals surface area contributed by atoms with Gasteiger partial charge >= 0.3 is 5.97 Å². The number of carbonyl (C=O) groups excluding carboxylic acids is 1. The van der Waals surface area contributed by atoms with Crippen molar-refractivity contribution in [3.63, 3.8) is 0 Å². The second-order valence-corrected chi connectivity index (χ2v) is 17.6. The molecule has 0 aromatic heterocycles. The quantitative estimate of drug-likeness (QED) is 0.187. The van der Waals surface area contributed by atoms with Crippen molar-refractivity contribution in [2.45, 2.75) is 63.8 Å². The number of ether oxygens (including phenoxy) is 1. The Morgan fingerprint density at radius 3 is 1.83 bits per heavy atom. The first-order valence-corrected chi connectivity index (χ1v) is 18.6. The van der Waals surface area contributed by atoms with E-state index >= 15 is 0 Å². The molecule has 0 aliphatic carbocycles. The summed E-state index contributed by atoms with van der Waals surface area (Å²) in [7, 11) is -3.14. The minimum Gasteiger partial charge on any atom is -0.475 e. The van der Waals surface area contributed by atoms with Gasteiger partial charge in [0.15, 0.2) is 6.10 Å². The van der Waals surface area contributed by atoms with Crippen molar-refractivity contribution in [1.29, 1.82) is 0 Å². The van der Waals surface area contributed by atoms with E-state index in [-0.39, 0.29) is 16.7 Å². The molecule has 0 radical (unpaired) electrons. The Hall–Kier alpha value is -4.50. The molecule has 8 heteroatoms. The number of nitrogens with zero attached hydrogens (tertiary/aromatic N) is 1. The number of amides is 1. The second-order valence-electron chi connectivity index (χ2n) is 13.3. The van der Waals surface area contributed by atoms with E-state index in [1.54, 1.807) is 4.90 Å². The second kappa shape index (κ2) is 15.2. The molecule has 0 bridgehead atoms. The van der Waals surface area contributed by atoms with E-state index in [9.17, 15) is 14.7 Å². The number of rotatable bonds is 12. The Labute approximate surface area is 285 Å². The molecule has 0 saturated carbocycles. The number of nitrogens with two attached hydrogens (primary N) is 1. The lowest BCUT2D eigenvalue weighted by molar-refractivity contribution is -0.150. The highest BCUT2D eigenvalue weighted by Gasteiger charge is 2.53. The lowest BCUT2D eigenvalue weighted by atomic mass is 10.00. The standard InChI is InChI=1S/C40H46N2O5Si/c1-5-26-42(27-25-29-21-23-31(24-22-29)30-15-9-6-10-16-30)38(43)37-36(41)34(28-35(46-37)39(44)45)47-48(40(2,3)4,32-17-11-7-12-18-32)33-19-13-8-14-20-33/h6-24,28,34,36-37H,5,25-27,41H2,1-4H3,(H,44,45)/t34-,36-,37-/m1/s1. The molecular weight excluding hydrogens is 617 g/mol. The Morgan fingerprint density at radius 2 is 1.33 bits per heavy atom. The molecule has 1 amide bonds. The molecule has 250 valence electrons. The van der Waals surface area contributed by atoms with Gasteiger partial charge in [0.05, 0.1) is 12.1 Å². The van der Waals surface area contributed by atoms with Crippen LogP contribution in [0.2, 0.25) is 5.04 Å². The van der Waals surface area contributed by atoms with E-state index in [1.807, 2.05) is 61.5 Å². The topological polar surface area (TPSA) is 102 Å². The van der Waals surface area contributed by atoms with Gasteiger partial charge in [-0.2, -0.15) is 0 Å². The van der Waals surface area contributed by atoms with E-state index in [4.69, 9.17) is 14.9 Å². The summed E-state index contributed by atoms with van der Waals surface area (Å²) in [6.07, 6.45) is 0.682. The third-order valence-corrected chi connectivity index (χ3v) is 14.0. The number of carboxylic acids is 1. The molecule has 0 saturated heterocycles. The van der Waals surface area contributed by atoms with E-state index in [2.05, 4.69) is 81.4 Å². The van der Waals surface area contributed by atoms with Crippen molar-refractivity contribution in [2.75, 3.05) is 13.1 Å². The van der Waals surface area contributed by atoms with Gasteiger partial charge in [-0.3, -0.25) is 4.79 Å². The van der Waals surface area contributed by atoms with Gasteiger partial charge in [0.2, 0.25) is 5.76 Å². The molecule has 1 aliphatic rings. The minimum absolute atomic E-state index is 0.328. The molecule has 0 fully saturated rings. The Morgan fingerprint density at radius 1 is 0.812 bits per heavy atom. The van der Waals surface area contributed by atoms with E-state index in [0.717, 1.165) is 33.5 Å². The number of carbonyl (C=O) groups is 2. The fraction of sp³-hybridized carbons (Fsp3) is 0.300. The van der Waals surface area contributed by atoms with Crippen LogP contribution in [0.1, 0.15) is 39.7 Å². The first-order chi connectivity index (χ1) is 23.0. The molecule has 1 heterocycles. The first kappa shape index (κ1) is 34.8. The van der Waals surface area contributed by atoms with E-state index in [1.165, 1.54) is 6.08 Å². The van der Waals surface area contributed by atoms with Crippen LogP contribution in [0.15, 0.2) is 127 Å². The minimum atomic E-state index is -3.14. The number of benzene rings is 4. The first-order valence-electron chi connectivity index (χ1n) is 16.6. The molecule has 5 rings (SSSR count). The highest BCUT2D eigenvalue weighted by Crippen LogP contribution is 2.39. The Kier molecular flexibility index (Phi) is 11.0. The largest absolute Gasteiger partial charge is 0.475 e. The summed E-state index contributed by atoms with van der Waals surface area (Å²) >= 11 is 0. The number of carboxylic acid groups (broad SMARTS) is 1. The molecule has 4 aromatic carbocycles. The number of hydrogen-bond acceptors (Lipinski definition) is 5. The predicted octanol–water partition coefficient (Wildman–Crippen LogP) is 5.77. The van der Waals surface area contributed by atoms with Crippen molar-refractivity contribution < 1.29 is 23.9 Å². The lowest BCUT2D eigenvalue weighted by Crippen LogP contribution is -2.70. The average Bonchev–Trinajstić information content (AvgIpc) is 3.10. The van der Waals surface area contributed by atoms with Gasteiger partial charge in [0.1, 0.15) is 0 Å². The van der Waals surface area contributed by atoms with Crippen molar-refractivity contribution in [2.24, 2.45) is 5.73 Å². The zero-order valence-corrected chi connectivity index (χ0v) is 29.2. The van der Waals surface area contributed by atoms with Gasteiger partial charge in [0, 0.05) is 13.1 Å². The summed E-state index contributed by atoms with van der Waals surface area (Å²) in [5.74, 6) is -1.93. The predicted molar refractivity (Wildman–Crippen MR) is 194 cm³/mol. The Bertz CT molecular complexity index is 1650. The SMILES string of the molecule is CCCN(CCc1ccc(-c2ccccc2)cc1)C(=O)[C@@H]1OC(C(=O)O)=C[C@@H](O[Si](c2ccccc2)(c2ccccc2)C(C)(C)C)[C@H]1N. The summed E-state index contributed by atoms with van der Waals surface area (Å²) in [5, 5.41) is 11.8. The van der Waals surface area contributed by atoms with Crippen LogP contribution in [0, 0.1) is 0 Å². The molecule has 1 aliphatic heterocycles. The van der Waals surface area contributed by atoms with Crippen molar-refractivity contribution >= 4 is 30.6 Å². The van der Waals surface area contributed by atoms with Crippen molar-refractivity contribution in [3.05, 3.63) is 133 Å². The van der Waals surface area contributed by atoms with Crippen LogP contribution in [0.3, 0.4) is 0 Å². The monoisotopic (exact) mass is 662 g/mol. The molecule has 3 N–H and O–H groups in total. The molecule has 48 heavy (non-hydrogen) atoms. The van der Waals surface area contributed by atoms with E-state index in [0.29, 0.717) is 19.5 Å². The van der Waals surface area contributed by atoms with Gasteiger partial charge in [0.25, 0.3) is 14.2 Å². The van der Waals surface area contributed by atoms with Gasteiger partial charge in [-0.15, -0.1) is 0 Å². The van der Waals surface area contributed by atoms with Crippen LogP contribution >= 0.6 is 0 Å². The van der Waals surface area contributed by atoms with Crippen LogP contribution in [0.5, 0.6) is 0 Å². The van der Waals surface area contributed by atoms with Gasteiger partial charge in [-0.25, -0.2) is 4.79 Å². The maximum absolute atomic E-state index is 14.2. The van der Waals surface area contributed by atoms with Crippen LogP contribution in [-0.2, 0) is 25.2 Å². The van der Waals surface area contributed by atoms with Gasteiger partial charge in [-0.1, -0.05) is 143 Å². The van der Waals surface area contributed by atoms with Crippen LogP contribution in [0.25, 0.3) is 11.1 Å². The summed E-state index contributed by atoms with van der Waals surface area (Å²) in [4.78, 5) is 28.4. The number of aliphatic carboxylic acids is 1. The zero-order chi connectivity index (χ0) is 34.3. The molecule has 7 nitrogen and oxygen atoms in total. The fourth-order valence-corrected chi connectivity index (χ4v) is 11.2. The third kappa shape index (κ3) is 7.46. The maximum atomic E-state index is 14.2. The Balaban J connectivity index is 1.43. The summed E-state index contributed by atoms with van der Waals surface area (Å²) in [5.41, 5.74) is 10.3. The zero-order valence-electron chi connectivity index (χ0n) is 28.2. The van der Waals surface area contributed by atoms with Crippen molar-refractivity contribution in [1.82, 2.24) is 4.90 Å². The van der Waals surface area contributed by atoms with Gasteiger partial charge < -0.3 is 24.9 Å². The average molecular weight is 663 g/mol.